The maximum Gasteiger partial charge on any atom is 0.289 e. The average molecular weight is 192 g/mol. The van der Waals surface area contributed by atoms with Crippen LogP contribution in [-0.4, -0.2) is 22.6 Å². The molecule has 1 unspecified atom stereocenters. The molecule has 1 atom stereocenters. The van der Waals surface area contributed by atoms with E-state index in [2.05, 4.69) is 5.32 Å². The molecule has 0 aromatic carbocycles. The van der Waals surface area contributed by atoms with E-state index < -0.39 is 22.6 Å². The first kappa shape index (κ1) is 11.4. The molecule has 0 fully saturated rings. The number of alkyl halides is 1. The van der Waals surface area contributed by atoms with E-state index in [-0.39, 0.29) is 0 Å². The minimum Gasteiger partial charge on any atom is -0.345 e. The average Bonchev–Trinajstić information content (AvgIpc) is 1.82. The number of amides is 1. The van der Waals surface area contributed by atoms with Crippen molar-refractivity contribution in [2.45, 2.75) is 38.6 Å². The third-order valence-electron chi connectivity index (χ3n) is 1.07. The van der Waals surface area contributed by atoms with Crippen molar-refractivity contribution >= 4 is 23.3 Å². The lowest BCUT2D eigenvalue weighted by atomic mass is 10.1. The van der Waals surface area contributed by atoms with E-state index in [1.54, 1.807) is 20.8 Å². The Bertz CT molecular complexity index is 194. The van der Waals surface area contributed by atoms with Gasteiger partial charge in [0.1, 0.15) is 0 Å². The first-order chi connectivity index (χ1) is 5.24. The van der Waals surface area contributed by atoms with Crippen molar-refractivity contribution in [3.8, 4) is 0 Å². The SMILES string of the molecule is CC(Cl)C(=O)C(=O)NC(C)(C)C. The van der Waals surface area contributed by atoms with E-state index in [4.69, 9.17) is 11.6 Å². The molecule has 0 aliphatic heterocycles. The molecule has 12 heavy (non-hydrogen) atoms. The second kappa shape index (κ2) is 3.90. The van der Waals surface area contributed by atoms with Crippen molar-refractivity contribution in [1.29, 1.82) is 0 Å². The van der Waals surface area contributed by atoms with Gasteiger partial charge in [-0.2, -0.15) is 0 Å². The van der Waals surface area contributed by atoms with Gasteiger partial charge in [0.2, 0.25) is 5.78 Å². The van der Waals surface area contributed by atoms with Crippen molar-refractivity contribution in [2.24, 2.45) is 0 Å². The molecule has 0 aromatic rings. The van der Waals surface area contributed by atoms with Crippen LogP contribution in [0.1, 0.15) is 27.7 Å². The fourth-order valence-electron chi connectivity index (χ4n) is 0.583. The molecule has 4 heteroatoms. The monoisotopic (exact) mass is 191 g/mol. The van der Waals surface area contributed by atoms with Crippen molar-refractivity contribution in [3.63, 3.8) is 0 Å². The molecule has 0 heterocycles. The number of hydrogen-bond donors (Lipinski definition) is 1. The first-order valence-electron chi connectivity index (χ1n) is 3.74. The normalized spacial score (nSPS) is 13.8. The van der Waals surface area contributed by atoms with Gasteiger partial charge in [-0.15, -0.1) is 11.6 Å². The molecule has 1 amide bonds. The van der Waals surface area contributed by atoms with Crippen molar-refractivity contribution in [1.82, 2.24) is 5.32 Å². The third kappa shape index (κ3) is 4.34. The smallest absolute Gasteiger partial charge is 0.289 e. The molecule has 0 rings (SSSR count). The van der Waals surface area contributed by atoms with Gasteiger partial charge in [0.05, 0.1) is 5.38 Å². The summed E-state index contributed by atoms with van der Waals surface area (Å²) in [5.74, 6) is -1.21. The number of halogens is 1. The molecule has 70 valence electrons. The van der Waals surface area contributed by atoms with E-state index in [9.17, 15) is 9.59 Å². The van der Waals surface area contributed by atoms with Crippen molar-refractivity contribution < 1.29 is 9.59 Å². The van der Waals surface area contributed by atoms with Gasteiger partial charge in [0, 0.05) is 5.54 Å². The van der Waals surface area contributed by atoms with Gasteiger partial charge in [-0.1, -0.05) is 0 Å². The summed E-state index contributed by atoms with van der Waals surface area (Å²) < 4.78 is 0. The first-order valence-corrected chi connectivity index (χ1v) is 4.18. The van der Waals surface area contributed by atoms with Crippen LogP contribution >= 0.6 is 11.6 Å². The number of Topliss-reactive ketones (excluding diaryl/α,β-unsaturated/α-hetero) is 1. The van der Waals surface area contributed by atoms with Gasteiger partial charge in [-0.05, 0) is 27.7 Å². The Balaban J connectivity index is 4.15. The molecule has 1 N–H and O–H groups in total. The van der Waals surface area contributed by atoms with E-state index in [0.29, 0.717) is 0 Å². The summed E-state index contributed by atoms with van der Waals surface area (Å²) in [6, 6.07) is 0. The molecular weight excluding hydrogens is 178 g/mol. The van der Waals surface area contributed by atoms with Crippen LogP contribution < -0.4 is 5.32 Å². The van der Waals surface area contributed by atoms with Gasteiger partial charge in [-0.25, -0.2) is 0 Å². The van der Waals surface area contributed by atoms with Crippen LogP contribution in [0, 0.1) is 0 Å². The lowest BCUT2D eigenvalue weighted by molar-refractivity contribution is -0.138. The third-order valence-corrected chi connectivity index (χ3v) is 1.27. The summed E-state index contributed by atoms with van der Waals surface area (Å²) in [4.78, 5) is 22.0. The molecule has 0 radical (unpaired) electrons. The fourth-order valence-corrected chi connectivity index (χ4v) is 0.682. The summed E-state index contributed by atoms with van der Waals surface area (Å²) in [6.45, 7) is 6.89. The highest BCUT2D eigenvalue weighted by Crippen LogP contribution is 2.01. The van der Waals surface area contributed by atoms with E-state index in [1.165, 1.54) is 6.92 Å². The van der Waals surface area contributed by atoms with Crippen molar-refractivity contribution in [2.75, 3.05) is 0 Å². The summed E-state index contributed by atoms with van der Waals surface area (Å²) >= 11 is 5.44. The Morgan fingerprint density at radius 1 is 1.33 bits per heavy atom. The van der Waals surface area contributed by atoms with E-state index in [0.717, 1.165) is 0 Å². The van der Waals surface area contributed by atoms with E-state index in [1.807, 2.05) is 0 Å². The summed E-state index contributed by atoms with van der Waals surface area (Å²) in [6.07, 6.45) is 0. The molecule has 0 aliphatic rings. The van der Waals surface area contributed by atoms with Crippen LogP contribution in [0.4, 0.5) is 0 Å². The zero-order valence-electron chi connectivity index (χ0n) is 7.77. The Hall–Kier alpha value is -0.570. The predicted molar refractivity (Wildman–Crippen MR) is 48.2 cm³/mol. The second-order valence-corrected chi connectivity index (χ2v) is 4.34. The Morgan fingerprint density at radius 2 is 1.75 bits per heavy atom. The molecule has 0 spiro atoms. The number of carbonyl (C=O) groups excluding carboxylic acids is 2. The molecule has 0 aromatic heterocycles. The Labute approximate surface area is 77.5 Å². The van der Waals surface area contributed by atoms with Crippen LogP contribution in [0.5, 0.6) is 0 Å². The largest absolute Gasteiger partial charge is 0.345 e. The number of ketones is 1. The van der Waals surface area contributed by atoms with Gasteiger partial charge in [-0.3, -0.25) is 9.59 Å². The maximum absolute atomic E-state index is 11.1. The molecule has 0 bridgehead atoms. The zero-order chi connectivity index (χ0) is 9.94. The van der Waals surface area contributed by atoms with Crippen molar-refractivity contribution in [3.05, 3.63) is 0 Å². The van der Waals surface area contributed by atoms with Crippen LogP contribution in [0.25, 0.3) is 0 Å². The Kier molecular flexibility index (Phi) is 3.71. The molecule has 0 aliphatic carbocycles. The van der Waals surface area contributed by atoms with E-state index >= 15 is 0 Å². The number of carbonyl (C=O) groups is 2. The van der Waals surface area contributed by atoms with Gasteiger partial charge >= 0.3 is 0 Å². The zero-order valence-corrected chi connectivity index (χ0v) is 8.53. The highest BCUT2D eigenvalue weighted by Gasteiger charge is 2.23. The topological polar surface area (TPSA) is 46.2 Å². The maximum atomic E-state index is 11.1. The molecule has 0 saturated carbocycles. The second-order valence-electron chi connectivity index (χ2n) is 3.68. The predicted octanol–water partition coefficient (Wildman–Crippen LogP) is 1.10. The van der Waals surface area contributed by atoms with Crippen LogP contribution in [0.2, 0.25) is 0 Å². The van der Waals surface area contributed by atoms with Gasteiger partial charge in [0.15, 0.2) is 0 Å². The number of hydrogen-bond acceptors (Lipinski definition) is 2. The lowest BCUT2D eigenvalue weighted by Gasteiger charge is -2.19. The minimum atomic E-state index is -0.757. The summed E-state index contributed by atoms with van der Waals surface area (Å²) in [5, 5.41) is 1.77. The van der Waals surface area contributed by atoms with Gasteiger partial charge < -0.3 is 5.32 Å². The Morgan fingerprint density at radius 3 is 2.00 bits per heavy atom. The fraction of sp³-hybridized carbons (Fsp3) is 0.750. The lowest BCUT2D eigenvalue weighted by Crippen LogP contribution is -2.45. The number of nitrogens with one attached hydrogen (secondary N) is 1. The van der Waals surface area contributed by atoms with Crippen LogP contribution in [0.3, 0.4) is 0 Å². The highest BCUT2D eigenvalue weighted by molar-refractivity contribution is 6.48. The van der Waals surface area contributed by atoms with Crippen LogP contribution in [0.15, 0.2) is 0 Å². The standard InChI is InChI=1S/C8H14ClNO2/c1-5(9)6(11)7(12)10-8(2,3)4/h5H,1-4H3,(H,10,12). The summed E-state index contributed by atoms with van der Waals surface area (Å²) in [5.41, 5.74) is -0.390. The molecule has 3 nitrogen and oxygen atoms in total. The molecular formula is C8H14ClNO2. The minimum absolute atomic E-state index is 0.390. The van der Waals surface area contributed by atoms with Gasteiger partial charge in [0.25, 0.3) is 5.91 Å². The number of rotatable bonds is 2. The summed E-state index contributed by atoms with van der Waals surface area (Å²) in [7, 11) is 0. The quantitative estimate of drug-likeness (QED) is 0.525. The van der Waals surface area contributed by atoms with Crippen LogP contribution in [-0.2, 0) is 9.59 Å². The highest BCUT2D eigenvalue weighted by atomic mass is 35.5. The molecule has 0 saturated heterocycles.